The second kappa shape index (κ2) is 7.76. The standard InChI is InChI=1S/C22H22N2O4/c1-14(2)22(15-7-8-18-19(13-15)27-12-11-26-18)24-20(25)9-10-21-23-16-5-3-4-6-17(16)28-21/h3-10,13-14,22H,11-12H2,1-2H3,(H,24,25)/b10-9+. The van der Waals surface area contributed by atoms with Crippen LogP contribution in [0.1, 0.15) is 31.3 Å². The summed E-state index contributed by atoms with van der Waals surface area (Å²) in [6.45, 7) is 5.21. The van der Waals surface area contributed by atoms with Crippen molar-refractivity contribution in [1.82, 2.24) is 10.3 Å². The molecule has 4 rings (SSSR count). The zero-order valence-corrected chi connectivity index (χ0v) is 15.8. The number of benzene rings is 2. The molecule has 1 atom stereocenters. The van der Waals surface area contributed by atoms with Crippen LogP contribution in [0.2, 0.25) is 0 Å². The van der Waals surface area contributed by atoms with Crippen molar-refractivity contribution >= 4 is 23.1 Å². The molecule has 1 amide bonds. The fourth-order valence-corrected chi connectivity index (χ4v) is 3.20. The van der Waals surface area contributed by atoms with Crippen molar-refractivity contribution in [2.75, 3.05) is 13.2 Å². The highest BCUT2D eigenvalue weighted by atomic mass is 16.6. The Hall–Kier alpha value is -3.28. The first-order valence-electron chi connectivity index (χ1n) is 9.34. The monoisotopic (exact) mass is 378 g/mol. The Morgan fingerprint density at radius 3 is 2.68 bits per heavy atom. The van der Waals surface area contributed by atoms with Crippen LogP contribution in [0.4, 0.5) is 0 Å². The maximum absolute atomic E-state index is 12.5. The molecular formula is C22H22N2O4. The first-order chi connectivity index (χ1) is 13.6. The molecule has 1 aliphatic rings. The summed E-state index contributed by atoms with van der Waals surface area (Å²) in [5.74, 6) is 1.84. The minimum Gasteiger partial charge on any atom is -0.486 e. The third-order valence-corrected chi connectivity index (χ3v) is 4.58. The summed E-state index contributed by atoms with van der Waals surface area (Å²) >= 11 is 0. The zero-order valence-electron chi connectivity index (χ0n) is 15.8. The van der Waals surface area contributed by atoms with Gasteiger partial charge in [0.05, 0.1) is 6.04 Å². The molecule has 0 saturated heterocycles. The number of rotatable bonds is 5. The number of aromatic nitrogens is 1. The van der Waals surface area contributed by atoms with Crippen molar-refractivity contribution in [2.24, 2.45) is 5.92 Å². The molecule has 6 heteroatoms. The highest BCUT2D eigenvalue weighted by molar-refractivity contribution is 5.91. The molecule has 28 heavy (non-hydrogen) atoms. The summed E-state index contributed by atoms with van der Waals surface area (Å²) in [6, 6.07) is 13.1. The van der Waals surface area contributed by atoms with Crippen molar-refractivity contribution < 1.29 is 18.7 Å². The number of nitrogens with zero attached hydrogens (tertiary/aromatic N) is 1. The highest BCUT2D eigenvalue weighted by Gasteiger charge is 2.20. The van der Waals surface area contributed by atoms with Crippen LogP contribution in [-0.2, 0) is 4.79 Å². The number of amides is 1. The fraction of sp³-hybridized carbons (Fsp3) is 0.273. The molecule has 6 nitrogen and oxygen atoms in total. The summed E-state index contributed by atoms with van der Waals surface area (Å²) in [6.07, 6.45) is 3.02. The Morgan fingerprint density at radius 2 is 1.89 bits per heavy atom. The minimum absolute atomic E-state index is 0.156. The zero-order chi connectivity index (χ0) is 19.5. The number of carbonyl (C=O) groups excluding carboxylic acids is 1. The van der Waals surface area contributed by atoms with Gasteiger partial charge in [-0.25, -0.2) is 4.98 Å². The molecule has 0 saturated carbocycles. The van der Waals surface area contributed by atoms with Gasteiger partial charge >= 0.3 is 0 Å². The second-order valence-electron chi connectivity index (χ2n) is 6.99. The van der Waals surface area contributed by atoms with E-state index in [1.807, 2.05) is 42.5 Å². The molecule has 0 radical (unpaired) electrons. The van der Waals surface area contributed by atoms with E-state index in [1.54, 1.807) is 6.08 Å². The molecule has 3 aromatic rings. The van der Waals surface area contributed by atoms with Crippen LogP contribution in [-0.4, -0.2) is 24.1 Å². The van der Waals surface area contributed by atoms with E-state index < -0.39 is 0 Å². The number of para-hydroxylation sites is 2. The average molecular weight is 378 g/mol. The van der Waals surface area contributed by atoms with E-state index in [2.05, 4.69) is 24.1 Å². The van der Waals surface area contributed by atoms with Crippen LogP contribution in [0.3, 0.4) is 0 Å². The lowest BCUT2D eigenvalue weighted by Gasteiger charge is -2.25. The number of nitrogens with one attached hydrogen (secondary N) is 1. The van der Waals surface area contributed by atoms with Crippen LogP contribution in [0.5, 0.6) is 11.5 Å². The number of oxazole rings is 1. The maximum Gasteiger partial charge on any atom is 0.244 e. The van der Waals surface area contributed by atoms with Gasteiger partial charge in [-0.15, -0.1) is 0 Å². The lowest BCUT2D eigenvalue weighted by atomic mass is 9.95. The van der Waals surface area contributed by atoms with Crippen molar-refractivity contribution in [3.05, 3.63) is 60.0 Å². The van der Waals surface area contributed by atoms with Crippen molar-refractivity contribution in [2.45, 2.75) is 19.9 Å². The average Bonchev–Trinajstić information content (AvgIpc) is 3.13. The predicted octanol–water partition coefficient (Wildman–Crippen LogP) is 4.13. The van der Waals surface area contributed by atoms with Gasteiger partial charge in [0.25, 0.3) is 0 Å². The number of hydrogen-bond acceptors (Lipinski definition) is 5. The van der Waals surface area contributed by atoms with Gasteiger partial charge in [0.2, 0.25) is 11.8 Å². The molecule has 144 valence electrons. The Kier molecular flexibility index (Phi) is 5.02. The Morgan fingerprint density at radius 1 is 1.11 bits per heavy atom. The molecule has 1 aromatic heterocycles. The Bertz CT molecular complexity index is 989. The number of hydrogen-bond donors (Lipinski definition) is 1. The molecule has 0 spiro atoms. The second-order valence-corrected chi connectivity index (χ2v) is 6.99. The van der Waals surface area contributed by atoms with E-state index in [0.717, 1.165) is 16.8 Å². The summed E-state index contributed by atoms with van der Waals surface area (Å²) < 4.78 is 16.8. The predicted molar refractivity (Wildman–Crippen MR) is 106 cm³/mol. The first kappa shape index (κ1) is 18.1. The first-order valence-corrected chi connectivity index (χ1v) is 9.34. The fourth-order valence-electron chi connectivity index (χ4n) is 3.20. The molecule has 0 fully saturated rings. The third-order valence-electron chi connectivity index (χ3n) is 4.58. The molecular weight excluding hydrogens is 356 g/mol. The van der Waals surface area contributed by atoms with Crippen LogP contribution in [0, 0.1) is 5.92 Å². The minimum atomic E-state index is -0.212. The summed E-state index contributed by atoms with van der Waals surface area (Å²) in [7, 11) is 0. The van der Waals surface area contributed by atoms with Gasteiger partial charge in [-0.1, -0.05) is 32.0 Å². The van der Waals surface area contributed by atoms with Gasteiger partial charge < -0.3 is 19.2 Å². The van der Waals surface area contributed by atoms with Crippen LogP contribution in [0.25, 0.3) is 17.2 Å². The molecule has 1 N–H and O–H groups in total. The molecule has 0 aliphatic carbocycles. The lowest BCUT2D eigenvalue weighted by molar-refractivity contribution is -0.117. The number of fused-ring (bicyclic) bond motifs is 2. The SMILES string of the molecule is CC(C)C(NC(=O)/C=C/c1nc2ccccc2o1)c1ccc2c(c1)OCCO2. The van der Waals surface area contributed by atoms with E-state index in [-0.39, 0.29) is 17.9 Å². The van der Waals surface area contributed by atoms with E-state index in [9.17, 15) is 4.79 Å². The van der Waals surface area contributed by atoms with Crippen LogP contribution in [0.15, 0.2) is 53.0 Å². The molecule has 0 bridgehead atoms. The molecule has 1 aliphatic heterocycles. The third kappa shape index (κ3) is 3.86. The maximum atomic E-state index is 12.5. The summed E-state index contributed by atoms with van der Waals surface area (Å²) in [5, 5.41) is 3.05. The van der Waals surface area contributed by atoms with E-state index in [4.69, 9.17) is 13.9 Å². The van der Waals surface area contributed by atoms with Crippen LogP contribution >= 0.6 is 0 Å². The van der Waals surface area contributed by atoms with E-state index >= 15 is 0 Å². The van der Waals surface area contributed by atoms with Crippen molar-refractivity contribution in [1.29, 1.82) is 0 Å². The molecule has 2 heterocycles. The van der Waals surface area contributed by atoms with Crippen LogP contribution < -0.4 is 14.8 Å². The largest absolute Gasteiger partial charge is 0.486 e. The van der Waals surface area contributed by atoms with E-state index in [1.165, 1.54) is 6.08 Å². The molecule has 1 unspecified atom stereocenters. The smallest absolute Gasteiger partial charge is 0.244 e. The number of carbonyl (C=O) groups is 1. The van der Waals surface area contributed by atoms with Gasteiger partial charge in [0.15, 0.2) is 17.1 Å². The normalized spacial score (nSPS) is 14.5. The topological polar surface area (TPSA) is 73.6 Å². The van der Waals surface area contributed by atoms with Gasteiger partial charge in [-0.3, -0.25) is 4.79 Å². The lowest BCUT2D eigenvalue weighted by Crippen LogP contribution is -2.30. The summed E-state index contributed by atoms with van der Waals surface area (Å²) in [5.41, 5.74) is 2.43. The Labute approximate surface area is 163 Å². The van der Waals surface area contributed by atoms with Gasteiger partial charge in [0.1, 0.15) is 18.7 Å². The van der Waals surface area contributed by atoms with Gasteiger partial charge in [-0.2, -0.15) is 0 Å². The van der Waals surface area contributed by atoms with Gasteiger partial charge in [-0.05, 0) is 35.7 Å². The van der Waals surface area contributed by atoms with Crippen molar-refractivity contribution in [3.8, 4) is 11.5 Å². The van der Waals surface area contributed by atoms with Crippen molar-refractivity contribution in [3.63, 3.8) is 0 Å². The summed E-state index contributed by atoms with van der Waals surface area (Å²) in [4.78, 5) is 16.8. The molecule has 2 aromatic carbocycles. The van der Waals surface area contributed by atoms with Gasteiger partial charge in [0, 0.05) is 12.2 Å². The number of ether oxygens (including phenoxy) is 2. The quantitative estimate of drug-likeness (QED) is 0.676. The highest BCUT2D eigenvalue weighted by Crippen LogP contribution is 2.34. The Balaban J connectivity index is 1.49. The van der Waals surface area contributed by atoms with E-state index in [0.29, 0.717) is 30.4 Å².